The van der Waals surface area contributed by atoms with Crippen LogP contribution in [0, 0.1) is 13.8 Å². The highest BCUT2D eigenvalue weighted by Crippen LogP contribution is 2.20. The minimum Gasteiger partial charge on any atom is -0.389 e. The highest BCUT2D eigenvalue weighted by molar-refractivity contribution is 7.98. The largest absolute Gasteiger partial charge is 0.389 e. The van der Waals surface area contributed by atoms with Crippen LogP contribution in [0.5, 0.6) is 0 Å². The minimum absolute atomic E-state index is 0.351. The van der Waals surface area contributed by atoms with E-state index in [9.17, 15) is 0 Å². The van der Waals surface area contributed by atoms with Gasteiger partial charge in [-0.25, -0.2) is 0 Å². The SMILES string of the molecule is CCC(CSC)Nc1nnc(C)c(C)c1C(N)=S. The van der Waals surface area contributed by atoms with E-state index in [2.05, 4.69) is 28.7 Å². The summed E-state index contributed by atoms with van der Waals surface area (Å²) in [6, 6.07) is 0.351. The number of aryl methyl sites for hydroxylation is 1. The van der Waals surface area contributed by atoms with Gasteiger partial charge in [0.15, 0.2) is 5.82 Å². The molecule has 0 bridgehead atoms. The average Bonchev–Trinajstić information content (AvgIpc) is 2.32. The molecular weight excluding hydrogens is 264 g/mol. The quantitative estimate of drug-likeness (QED) is 0.781. The molecule has 1 rings (SSSR count). The van der Waals surface area contributed by atoms with Crippen molar-refractivity contribution in [1.82, 2.24) is 10.2 Å². The molecule has 100 valence electrons. The second-order valence-electron chi connectivity index (χ2n) is 4.20. The zero-order valence-corrected chi connectivity index (χ0v) is 12.9. The molecule has 0 aliphatic rings. The van der Waals surface area contributed by atoms with E-state index in [1.807, 2.05) is 13.8 Å². The van der Waals surface area contributed by atoms with E-state index in [1.54, 1.807) is 11.8 Å². The van der Waals surface area contributed by atoms with Crippen LogP contribution in [-0.4, -0.2) is 33.2 Å². The Morgan fingerprint density at radius 3 is 2.61 bits per heavy atom. The van der Waals surface area contributed by atoms with Gasteiger partial charge in [0, 0.05) is 11.8 Å². The summed E-state index contributed by atoms with van der Waals surface area (Å²) in [5.41, 5.74) is 8.47. The number of aromatic nitrogens is 2. The minimum atomic E-state index is 0.351. The Hall–Kier alpha value is -0.880. The summed E-state index contributed by atoms with van der Waals surface area (Å²) in [5.74, 6) is 1.72. The molecule has 1 unspecified atom stereocenters. The molecule has 0 saturated heterocycles. The van der Waals surface area contributed by atoms with Crippen LogP contribution in [0.15, 0.2) is 0 Å². The summed E-state index contributed by atoms with van der Waals surface area (Å²) in [6.45, 7) is 6.02. The van der Waals surface area contributed by atoms with Crippen molar-refractivity contribution in [2.75, 3.05) is 17.3 Å². The number of rotatable bonds is 6. The zero-order valence-electron chi connectivity index (χ0n) is 11.3. The highest BCUT2D eigenvalue weighted by Gasteiger charge is 2.16. The third-order valence-electron chi connectivity index (χ3n) is 2.90. The van der Waals surface area contributed by atoms with E-state index < -0.39 is 0 Å². The average molecular weight is 284 g/mol. The van der Waals surface area contributed by atoms with E-state index in [0.29, 0.717) is 16.8 Å². The third kappa shape index (κ3) is 3.55. The lowest BCUT2D eigenvalue weighted by molar-refractivity contribution is 0.762. The van der Waals surface area contributed by atoms with Gasteiger partial charge in [0.1, 0.15) is 4.99 Å². The number of nitrogens with one attached hydrogen (secondary N) is 1. The van der Waals surface area contributed by atoms with Gasteiger partial charge in [0.25, 0.3) is 0 Å². The molecule has 6 heteroatoms. The molecule has 0 fully saturated rings. The topological polar surface area (TPSA) is 63.8 Å². The Kier molecular flexibility index (Phi) is 5.81. The van der Waals surface area contributed by atoms with Gasteiger partial charge in [-0.15, -0.1) is 5.10 Å². The Balaban J connectivity index is 3.08. The van der Waals surface area contributed by atoms with Crippen LogP contribution >= 0.6 is 24.0 Å². The molecule has 0 spiro atoms. The monoisotopic (exact) mass is 284 g/mol. The second kappa shape index (κ2) is 6.89. The van der Waals surface area contributed by atoms with Crippen LogP contribution in [-0.2, 0) is 0 Å². The molecule has 0 aromatic carbocycles. The maximum atomic E-state index is 5.79. The first-order valence-electron chi connectivity index (χ1n) is 5.90. The van der Waals surface area contributed by atoms with Crippen molar-refractivity contribution in [2.45, 2.75) is 33.2 Å². The molecule has 3 N–H and O–H groups in total. The fourth-order valence-electron chi connectivity index (χ4n) is 1.67. The molecule has 0 saturated carbocycles. The van der Waals surface area contributed by atoms with Crippen LogP contribution in [0.2, 0.25) is 0 Å². The number of thioether (sulfide) groups is 1. The van der Waals surface area contributed by atoms with Crippen LogP contribution in [0.25, 0.3) is 0 Å². The molecule has 0 aliphatic heterocycles. The van der Waals surface area contributed by atoms with E-state index in [1.165, 1.54) is 0 Å². The zero-order chi connectivity index (χ0) is 13.7. The Labute approximate surface area is 118 Å². The highest BCUT2D eigenvalue weighted by atomic mass is 32.2. The van der Waals surface area contributed by atoms with Crippen molar-refractivity contribution < 1.29 is 0 Å². The lowest BCUT2D eigenvalue weighted by Gasteiger charge is -2.19. The van der Waals surface area contributed by atoms with Crippen molar-refractivity contribution in [3.63, 3.8) is 0 Å². The Bertz CT molecular complexity index is 434. The van der Waals surface area contributed by atoms with Crippen LogP contribution in [0.4, 0.5) is 5.82 Å². The number of nitrogens with two attached hydrogens (primary N) is 1. The van der Waals surface area contributed by atoms with Gasteiger partial charge >= 0.3 is 0 Å². The van der Waals surface area contributed by atoms with Gasteiger partial charge in [-0.1, -0.05) is 19.1 Å². The summed E-state index contributed by atoms with van der Waals surface area (Å²) in [5, 5.41) is 11.7. The van der Waals surface area contributed by atoms with Gasteiger partial charge in [-0.05, 0) is 32.1 Å². The van der Waals surface area contributed by atoms with Gasteiger partial charge in [0.05, 0.1) is 11.3 Å². The maximum absolute atomic E-state index is 5.79. The molecule has 4 nitrogen and oxygen atoms in total. The van der Waals surface area contributed by atoms with E-state index in [0.717, 1.165) is 29.0 Å². The standard InChI is InChI=1S/C12H20N4S2/c1-5-9(6-18-4)14-12-10(11(13)17)7(2)8(3)15-16-12/h9H,5-6H2,1-4H3,(H2,13,17)(H,14,16). The van der Waals surface area contributed by atoms with Crippen LogP contribution in [0.1, 0.15) is 30.2 Å². The Morgan fingerprint density at radius 1 is 1.44 bits per heavy atom. The van der Waals surface area contributed by atoms with Crippen molar-refractivity contribution in [1.29, 1.82) is 0 Å². The van der Waals surface area contributed by atoms with Crippen LogP contribution in [0.3, 0.4) is 0 Å². The van der Waals surface area contributed by atoms with Crippen molar-refractivity contribution >= 4 is 34.8 Å². The number of thiocarbonyl (C=S) groups is 1. The third-order valence-corrected chi connectivity index (χ3v) is 3.84. The van der Waals surface area contributed by atoms with Gasteiger partial charge in [-0.2, -0.15) is 16.9 Å². The summed E-state index contributed by atoms with van der Waals surface area (Å²) in [7, 11) is 0. The van der Waals surface area contributed by atoms with Gasteiger partial charge in [-0.3, -0.25) is 0 Å². The van der Waals surface area contributed by atoms with Gasteiger partial charge in [0.2, 0.25) is 0 Å². The molecule has 1 heterocycles. The molecule has 0 radical (unpaired) electrons. The number of hydrogen-bond acceptors (Lipinski definition) is 5. The van der Waals surface area contributed by atoms with E-state index in [-0.39, 0.29) is 0 Å². The molecular formula is C12H20N4S2. The van der Waals surface area contributed by atoms with Crippen molar-refractivity contribution in [3.05, 3.63) is 16.8 Å². The first-order valence-corrected chi connectivity index (χ1v) is 7.70. The lowest BCUT2D eigenvalue weighted by Crippen LogP contribution is -2.26. The summed E-state index contributed by atoms with van der Waals surface area (Å²) < 4.78 is 0. The molecule has 1 atom stereocenters. The Morgan fingerprint density at radius 2 is 2.11 bits per heavy atom. The normalized spacial score (nSPS) is 12.2. The lowest BCUT2D eigenvalue weighted by atomic mass is 10.1. The van der Waals surface area contributed by atoms with Crippen molar-refractivity contribution in [3.8, 4) is 0 Å². The second-order valence-corrected chi connectivity index (χ2v) is 5.55. The number of hydrogen-bond donors (Lipinski definition) is 2. The first-order chi connectivity index (χ1) is 8.51. The summed E-state index contributed by atoms with van der Waals surface area (Å²) >= 11 is 6.92. The van der Waals surface area contributed by atoms with Crippen LogP contribution < -0.4 is 11.1 Å². The fraction of sp³-hybridized carbons (Fsp3) is 0.583. The maximum Gasteiger partial charge on any atom is 0.159 e. The fourth-order valence-corrected chi connectivity index (χ4v) is 2.64. The predicted molar refractivity (Wildman–Crippen MR) is 83.5 cm³/mol. The number of nitrogens with zero attached hydrogens (tertiary/aromatic N) is 2. The molecule has 0 aliphatic carbocycles. The number of anilines is 1. The van der Waals surface area contributed by atoms with Crippen molar-refractivity contribution in [2.24, 2.45) is 5.73 Å². The van der Waals surface area contributed by atoms with E-state index >= 15 is 0 Å². The van der Waals surface area contributed by atoms with Gasteiger partial charge < -0.3 is 11.1 Å². The predicted octanol–water partition coefficient (Wildman–Crippen LogP) is 2.28. The first kappa shape index (κ1) is 15.2. The van der Waals surface area contributed by atoms with E-state index in [4.69, 9.17) is 18.0 Å². The summed E-state index contributed by atoms with van der Waals surface area (Å²) in [6.07, 6.45) is 3.11. The molecule has 1 aromatic rings. The molecule has 0 amide bonds. The summed E-state index contributed by atoms with van der Waals surface area (Å²) in [4.78, 5) is 0.368. The molecule has 18 heavy (non-hydrogen) atoms. The molecule has 1 aromatic heterocycles. The smallest absolute Gasteiger partial charge is 0.159 e.